The maximum Gasteiger partial charge on any atom is 0.331 e. The van der Waals surface area contributed by atoms with Crippen molar-refractivity contribution in [2.75, 3.05) is 5.32 Å². The molecule has 0 bridgehead atoms. The summed E-state index contributed by atoms with van der Waals surface area (Å²) < 4.78 is 0. The SMILES string of the molecule is Cc1cc(C)nc(NC(C(=O)O)c2cccs2)n1. The van der Waals surface area contributed by atoms with E-state index in [0.29, 0.717) is 5.95 Å². The van der Waals surface area contributed by atoms with Crippen LogP contribution in [0.15, 0.2) is 23.6 Å². The van der Waals surface area contributed by atoms with Gasteiger partial charge in [-0.2, -0.15) is 0 Å². The summed E-state index contributed by atoms with van der Waals surface area (Å²) in [6.45, 7) is 3.70. The minimum Gasteiger partial charge on any atom is -0.479 e. The maximum atomic E-state index is 11.3. The molecule has 1 unspecified atom stereocenters. The fraction of sp³-hybridized carbons (Fsp3) is 0.250. The number of aliphatic carboxylic acids is 1. The third-order valence-electron chi connectivity index (χ3n) is 2.33. The summed E-state index contributed by atoms with van der Waals surface area (Å²) in [5, 5.41) is 13.9. The third-order valence-corrected chi connectivity index (χ3v) is 3.27. The van der Waals surface area contributed by atoms with Crippen molar-refractivity contribution in [3.8, 4) is 0 Å². The standard InChI is InChI=1S/C12H13N3O2S/c1-7-6-8(2)14-12(13-7)15-10(11(16)17)9-4-3-5-18-9/h3-6,10H,1-2H3,(H,16,17)(H,13,14,15). The molecule has 2 aromatic heterocycles. The van der Waals surface area contributed by atoms with Gasteiger partial charge in [0.2, 0.25) is 5.95 Å². The lowest BCUT2D eigenvalue weighted by Crippen LogP contribution is -2.21. The zero-order valence-corrected chi connectivity index (χ0v) is 10.9. The molecule has 2 aromatic rings. The number of hydrogen-bond acceptors (Lipinski definition) is 5. The topological polar surface area (TPSA) is 75.1 Å². The first kappa shape index (κ1) is 12.5. The number of rotatable bonds is 4. The molecule has 5 nitrogen and oxygen atoms in total. The fourth-order valence-corrected chi connectivity index (χ4v) is 2.40. The quantitative estimate of drug-likeness (QED) is 0.886. The van der Waals surface area contributed by atoms with Gasteiger partial charge in [-0.15, -0.1) is 11.3 Å². The second-order valence-corrected chi connectivity index (χ2v) is 4.88. The van der Waals surface area contributed by atoms with E-state index in [4.69, 9.17) is 0 Å². The molecule has 0 saturated carbocycles. The number of thiophene rings is 1. The summed E-state index contributed by atoms with van der Waals surface area (Å²) in [6.07, 6.45) is 0. The highest BCUT2D eigenvalue weighted by atomic mass is 32.1. The van der Waals surface area contributed by atoms with Crippen molar-refractivity contribution in [1.82, 2.24) is 9.97 Å². The van der Waals surface area contributed by atoms with E-state index in [1.165, 1.54) is 11.3 Å². The van der Waals surface area contributed by atoms with Gasteiger partial charge in [0.25, 0.3) is 0 Å². The number of carboxylic acid groups (broad SMARTS) is 1. The van der Waals surface area contributed by atoms with Crippen molar-refractivity contribution in [2.45, 2.75) is 19.9 Å². The van der Waals surface area contributed by atoms with Gasteiger partial charge in [-0.1, -0.05) is 6.07 Å². The van der Waals surface area contributed by atoms with Crippen LogP contribution in [0.1, 0.15) is 22.3 Å². The highest BCUT2D eigenvalue weighted by Crippen LogP contribution is 2.22. The molecule has 2 heterocycles. The summed E-state index contributed by atoms with van der Waals surface area (Å²) in [5.41, 5.74) is 1.61. The molecule has 0 aliphatic heterocycles. The maximum absolute atomic E-state index is 11.3. The van der Waals surface area contributed by atoms with Crippen molar-refractivity contribution in [3.63, 3.8) is 0 Å². The van der Waals surface area contributed by atoms with Gasteiger partial charge in [0.1, 0.15) is 0 Å². The fourth-order valence-electron chi connectivity index (χ4n) is 1.63. The third kappa shape index (κ3) is 2.84. The lowest BCUT2D eigenvalue weighted by atomic mass is 10.2. The number of aromatic nitrogens is 2. The van der Waals surface area contributed by atoms with Crippen LogP contribution in [-0.4, -0.2) is 21.0 Å². The van der Waals surface area contributed by atoms with Crippen LogP contribution < -0.4 is 5.32 Å². The van der Waals surface area contributed by atoms with Gasteiger partial charge in [-0.05, 0) is 31.4 Å². The van der Waals surface area contributed by atoms with E-state index in [0.717, 1.165) is 16.3 Å². The number of carboxylic acids is 1. The van der Waals surface area contributed by atoms with E-state index in [2.05, 4.69) is 15.3 Å². The highest BCUT2D eigenvalue weighted by molar-refractivity contribution is 7.10. The van der Waals surface area contributed by atoms with Gasteiger partial charge in [0.05, 0.1) is 0 Å². The second-order valence-electron chi connectivity index (χ2n) is 3.91. The molecule has 0 aromatic carbocycles. The molecule has 94 valence electrons. The van der Waals surface area contributed by atoms with Crippen LogP contribution in [0.2, 0.25) is 0 Å². The van der Waals surface area contributed by atoms with Crippen molar-refractivity contribution < 1.29 is 9.90 Å². The van der Waals surface area contributed by atoms with Gasteiger partial charge in [-0.25, -0.2) is 14.8 Å². The Bertz CT molecular complexity index is 534. The lowest BCUT2D eigenvalue weighted by molar-refractivity contribution is -0.138. The Labute approximate surface area is 109 Å². The number of carbonyl (C=O) groups is 1. The zero-order valence-electron chi connectivity index (χ0n) is 10.0. The van der Waals surface area contributed by atoms with E-state index in [1.54, 1.807) is 6.07 Å². The molecule has 0 fully saturated rings. The Morgan fingerprint density at radius 1 is 1.39 bits per heavy atom. The predicted molar refractivity (Wildman–Crippen MR) is 69.8 cm³/mol. The summed E-state index contributed by atoms with van der Waals surface area (Å²) in [4.78, 5) is 20.4. The van der Waals surface area contributed by atoms with Gasteiger partial charge in [0.15, 0.2) is 6.04 Å². The lowest BCUT2D eigenvalue weighted by Gasteiger charge is -2.13. The van der Waals surface area contributed by atoms with Crippen LogP contribution in [0.5, 0.6) is 0 Å². The van der Waals surface area contributed by atoms with Crippen LogP contribution in [0.25, 0.3) is 0 Å². The number of anilines is 1. The molecule has 0 aliphatic carbocycles. The number of aryl methyl sites for hydroxylation is 2. The summed E-state index contributed by atoms with van der Waals surface area (Å²) in [5.74, 6) is -0.603. The number of nitrogens with zero attached hydrogens (tertiary/aromatic N) is 2. The molecule has 2 N–H and O–H groups in total. The van der Waals surface area contributed by atoms with E-state index in [-0.39, 0.29) is 0 Å². The van der Waals surface area contributed by atoms with E-state index in [1.807, 2.05) is 31.4 Å². The summed E-state index contributed by atoms with van der Waals surface area (Å²) in [7, 11) is 0. The van der Waals surface area contributed by atoms with Gasteiger partial charge < -0.3 is 10.4 Å². The Hall–Kier alpha value is -1.95. The average Bonchev–Trinajstić information content (AvgIpc) is 2.77. The van der Waals surface area contributed by atoms with Gasteiger partial charge >= 0.3 is 5.97 Å². The number of nitrogens with one attached hydrogen (secondary N) is 1. The molecule has 0 aliphatic rings. The molecule has 18 heavy (non-hydrogen) atoms. The molecule has 0 saturated heterocycles. The first-order chi connectivity index (χ1) is 8.56. The Balaban J connectivity index is 2.27. The molecular formula is C12H13N3O2S. The van der Waals surface area contributed by atoms with Crippen molar-refractivity contribution in [1.29, 1.82) is 0 Å². The predicted octanol–water partition coefficient (Wildman–Crippen LogP) is 2.39. The van der Waals surface area contributed by atoms with E-state index in [9.17, 15) is 9.90 Å². The monoisotopic (exact) mass is 263 g/mol. The Kier molecular flexibility index (Phi) is 3.57. The number of hydrogen-bond donors (Lipinski definition) is 2. The molecular weight excluding hydrogens is 250 g/mol. The minimum absolute atomic E-state index is 0.341. The minimum atomic E-state index is -0.944. The molecule has 0 amide bonds. The van der Waals surface area contributed by atoms with Gasteiger partial charge in [0, 0.05) is 16.3 Å². The second kappa shape index (κ2) is 5.14. The molecule has 0 radical (unpaired) electrons. The molecule has 1 atom stereocenters. The highest BCUT2D eigenvalue weighted by Gasteiger charge is 2.21. The average molecular weight is 263 g/mol. The van der Waals surface area contributed by atoms with Crippen molar-refractivity contribution in [2.24, 2.45) is 0 Å². The summed E-state index contributed by atoms with van der Waals surface area (Å²) in [6, 6.07) is 4.62. The van der Waals surface area contributed by atoms with Crippen LogP contribution in [-0.2, 0) is 4.79 Å². The van der Waals surface area contributed by atoms with E-state index < -0.39 is 12.0 Å². The van der Waals surface area contributed by atoms with E-state index >= 15 is 0 Å². The molecule has 0 spiro atoms. The van der Waals surface area contributed by atoms with Crippen molar-refractivity contribution >= 4 is 23.3 Å². The first-order valence-electron chi connectivity index (χ1n) is 5.41. The molecule has 6 heteroatoms. The van der Waals surface area contributed by atoms with Crippen molar-refractivity contribution in [3.05, 3.63) is 39.8 Å². The molecule has 2 rings (SSSR count). The smallest absolute Gasteiger partial charge is 0.331 e. The normalized spacial score (nSPS) is 12.1. The van der Waals surface area contributed by atoms with Crippen LogP contribution in [0.3, 0.4) is 0 Å². The summed E-state index contributed by atoms with van der Waals surface area (Å²) >= 11 is 1.39. The van der Waals surface area contributed by atoms with Gasteiger partial charge in [-0.3, -0.25) is 0 Å². The largest absolute Gasteiger partial charge is 0.479 e. The Morgan fingerprint density at radius 2 is 2.06 bits per heavy atom. The van der Waals surface area contributed by atoms with Crippen LogP contribution in [0.4, 0.5) is 5.95 Å². The zero-order chi connectivity index (χ0) is 13.1. The van der Waals surface area contributed by atoms with Crippen LogP contribution in [0, 0.1) is 13.8 Å². The first-order valence-corrected chi connectivity index (χ1v) is 6.29. The van der Waals surface area contributed by atoms with Crippen LogP contribution >= 0.6 is 11.3 Å². The Morgan fingerprint density at radius 3 is 2.56 bits per heavy atom.